The van der Waals surface area contributed by atoms with Gasteiger partial charge in [-0.05, 0) is 0 Å². The number of allylic oxidation sites excluding steroid dienone is 2. The van der Waals surface area contributed by atoms with Crippen LogP contribution in [-0.2, 0) is 0 Å². The average molecular weight is 416 g/mol. The molecule has 0 saturated carbocycles. The molecule has 128 valence electrons. The van der Waals surface area contributed by atoms with Gasteiger partial charge in [0.05, 0.1) is 0 Å². The summed E-state index contributed by atoms with van der Waals surface area (Å²) in [5.74, 6) is 0. The second-order valence-electron chi connectivity index (χ2n) is 6.74. The summed E-state index contributed by atoms with van der Waals surface area (Å²) in [7, 11) is 0. The zero-order valence-electron chi connectivity index (χ0n) is 14.9. The number of amides is 1. The SMILES string of the molecule is CCC[CH2][Sn]([CH2]CCC)([CH2]CCC)[N](C(=O)O)C1=CCCC1. The topological polar surface area (TPSA) is 40.5 Å². The van der Waals surface area contributed by atoms with Crippen molar-refractivity contribution in [2.45, 2.75) is 91.9 Å². The second kappa shape index (κ2) is 10.6. The molecule has 0 atom stereocenters. The van der Waals surface area contributed by atoms with Crippen molar-refractivity contribution in [1.82, 2.24) is 3.12 Å². The van der Waals surface area contributed by atoms with Gasteiger partial charge in [0.25, 0.3) is 0 Å². The summed E-state index contributed by atoms with van der Waals surface area (Å²) >= 11 is -2.86. The molecule has 1 amide bonds. The van der Waals surface area contributed by atoms with Crippen LogP contribution in [0.2, 0.25) is 13.3 Å². The quantitative estimate of drug-likeness (QED) is 0.397. The van der Waals surface area contributed by atoms with E-state index in [4.69, 9.17) is 0 Å². The summed E-state index contributed by atoms with van der Waals surface area (Å²) < 4.78 is 5.65. The molecule has 1 N–H and O–H groups in total. The van der Waals surface area contributed by atoms with Gasteiger partial charge in [-0.3, -0.25) is 0 Å². The van der Waals surface area contributed by atoms with Gasteiger partial charge >= 0.3 is 141 Å². The molecular formula is C18H35NO2Sn. The molecular weight excluding hydrogens is 381 g/mol. The number of rotatable bonds is 11. The number of carboxylic acid groups (broad SMARTS) is 1. The number of nitrogens with zero attached hydrogens (tertiary/aromatic N) is 1. The molecule has 0 aliphatic heterocycles. The molecule has 22 heavy (non-hydrogen) atoms. The van der Waals surface area contributed by atoms with E-state index in [0.29, 0.717) is 0 Å². The van der Waals surface area contributed by atoms with Crippen molar-refractivity contribution < 1.29 is 9.90 Å². The molecule has 0 spiro atoms. The third kappa shape index (κ3) is 5.47. The molecule has 0 aromatic rings. The van der Waals surface area contributed by atoms with Gasteiger partial charge < -0.3 is 0 Å². The Kier molecular flexibility index (Phi) is 9.53. The van der Waals surface area contributed by atoms with Gasteiger partial charge in [-0.2, -0.15) is 0 Å². The molecule has 1 aliphatic carbocycles. The first-order chi connectivity index (χ1) is 10.6. The van der Waals surface area contributed by atoms with Crippen LogP contribution in [0.4, 0.5) is 4.79 Å². The van der Waals surface area contributed by atoms with Crippen LogP contribution in [0.1, 0.15) is 78.6 Å². The first-order valence-electron chi connectivity index (χ1n) is 9.33. The predicted molar refractivity (Wildman–Crippen MR) is 96.7 cm³/mol. The van der Waals surface area contributed by atoms with Crippen LogP contribution in [0, 0.1) is 0 Å². The maximum absolute atomic E-state index is 12.2. The Bertz CT molecular complexity index is 346. The Labute approximate surface area is 141 Å². The molecule has 1 rings (SSSR count). The van der Waals surface area contributed by atoms with Crippen molar-refractivity contribution in [2.24, 2.45) is 0 Å². The molecule has 4 heteroatoms. The average Bonchev–Trinajstić information content (AvgIpc) is 3.01. The van der Waals surface area contributed by atoms with Crippen LogP contribution in [0.5, 0.6) is 0 Å². The van der Waals surface area contributed by atoms with Gasteiger partial charge in [0.2, 0.25) is 0 Å². The third-order valence-corrected chi connectivity index (χ3v) is 20.0. The van der Waals surface area contributed by atoms with Crippen molar-refractivity contribution in [3.8, 4) is 0 Å². The Balaban J connectivity index is 3.10. The summed E-state index contributed by atoms with van der Waals surface area (Å²) in [4.78, 5) is 12.2. The van der Waals surface area contributed by atoms with E-state index in [1.807, 2.05) is 3.12 Å². The summed E-state index contributed by atoms with van der Waals surface area (Å²) in [6.07, 6.45) is 11.9. The Morgan fingerprint density at radius 3 is 1.91 bits per heavy atom. The monoisotopic (exact) mass is 417 g/mol. The first kappa shape index (κ1) is 19.9. The van der Waals surface area contributed by atoms with Gasteiger partial charge in [0, 0.05) is 0 Å². The van der Waals surface area contributed by atoms with Crippen LogP contribution >= 0.6 is 0 Å². The Morgan fingerprint density at radius 2 is 1.59 bits per heavy atom. The molecule has 0 aromatic heterocycles. The van der Waals surface area contributed by atoms with Crippen molar-refractivity contribution >= 4 is 24.7 Å². The minimum absolute atomic E-state index is 0.646. The molecule has 3 nitrogen and oxygen atoms in total. The summed E-state index contributed by atoms with van der Waals surface area (Å²) in [6.45, 7) is 6.70. The van der Waals surface area contributed by atoms with Gasteiger partial charge in [-0.15, -0.1) is 0 Å². The fourth-order valence-corrected chi connectivity index (χ4v) is 19.9. The number of carbonyl (C=O) groups is 1. The predicted octanol–water partition coefficient (Wildman–Crippen LogP) is 6.38. The van der Waals surface area contributed by atoms with E-state index < -0.39 is 24.7 Å². The zero-order chi connectivity index (χ0) is 16.4. The van der Waals surface area contributed by atoms with E-state index in [0.717, 1.165) is 25.0 Å². The molecule has 0 radical (unpaired) electrons. The van der Waals surface area contributed by atoms with Crippen LogP contribution in [0.25, 0.3) is 0 Å². The van der Waals surface area contributed by atoms with Gasteiger partial charge in [-0.1, -0.05) is 0 Å². The summed E-state index contributed by atoms with van der Waals surface area (Å²) in [5, 5.41) is 10.0. The first-order valence-corrected chi connectivity index (χ1v) is 16.7. The van der Waals surface area contributed by atoms with Crippen molar-refractivity contribution in [2.75, 3.05) is 0 Å². The molecule has 0 bridgehead atoms. The van der Waals surface area contributed by atoms with Crippen molar-refractivity contribution in [1.29, 1.82) is 0 Å². The van der Waals surface area contributed by atoms with E-state index in [-0.39, 0.29) is 0 Å². The van der Waals surface area contributed by atoms with Crippen LogP contribution in [0.15, 0.2) is 11.8 Å². The molecule has 0 heterocycles. The number of hydrogen-bond acceptors (Lipinski definition) is 1. The normalized spacial score (nSPS) is 15.0. The van der Waals surface area contributed by atoms with Crippen molar-refractivity contribution in [3.63, 3.8) is 0 Å². The number of unbranched alkanes of at least 4 members (excludes halogenated alkanes) is 3. The fraction of sp³-hybridized carbons (Fsp3) is 0.833. The van der Waals surface area contributed by atoms with Crippen molar-refractivity contribution in [3.05, 3.63) is 11.8 Å². The van der Waals surface area contributed by atoms with Gasteiger partial charge in [0.1, 0.15) is 0 Å². The van der Waals surface area contributed by atoms with E-state index in [1.54, 1.807) is 0 Å². The molecule has 1 aliphatic rings. The molecule has 0 unspecified atom stereocenters. The van der Waals surface area contributed by atoms with E-state index in [9.17, 15) is 9.90 Å². The maximum atomic E-state index is 12.2. The van der Waals surface area contributed by atoms with E-state index in [2.05, 4.69) is 26.8 Å². The summed E-state index contributed by atoms with van der Waals surface area (Å²) in [5.41, 5.74) is 1.16. The summed E-state index contributed by atoms with van der Waals surface area (Å²) in [6, 6.07) is 0. The van der Waals surface area contributed by atoms with Crippen LogP contribution < -0.4 is 0 Å². The Hall–Kier alpha value is -0.191. The van der Waals surface area contributed by atoms with E-state index >= 15 is 0 Å². The van der Waals surface area contributed by atoms with Gasteiger partial charge in [-0.25, -0.2) is 0 Å². The Morgan fingerprint density at radius 1 is 1.09 bits per heavy atom. The van der Waals surface area contributed by atoms with E-state index in [1.165, 1.54) is 51.8 Å². The fourth-order valence-electron chi connectivity index (χ4n) is 3.72. The standard InChI is InChI=1S/C6H8NO2.3C4H9.Sn/c8-6(9)7-5-3-1-2-4-5;3*1-3-4-2;/h3H,1-2,4H2,(H,8,9);3*1,3-4H2,2H3;/q-1;;;;+1. The molecule has 0 aromatic carbocycles. The second-order valence-corrected chi connectivity index (χ2v) is 19.3. The minimum atomic E-state index is -2.86. The zero-order valence-corrected chi connectivity index (χ0v) is 17.7. The van der Waals surface area contributed by atoms with Crippen LogP contribution in [-0.4, -0.2) is 33.0 Å². The van der Waals surface area contributed by atoms with Crippen LogP contribution in [0.3, 0.4) is 0 Å². The molecule has 0 saturated heterocycles. The third-order valence-electron chi connectivity index (χ3n) is 4.96. The van der Waals surface area contributed by atoms with Gasteiger partial charge in [0.15, 0.2) is 0 Å². The molecule has 0 fully saturated rings. The number of hydrogen-bond donors (Lipinski definition) is 1.